The van der Waals surface area contributed by atoms with Crippen molar-refractivity contribution in [1.29, 1.82) is 0 Å². The molecule has 6 rings (SSSR count). The van der Waals surface area contributed by atoms with Crippen molar-refractivity contribution in [2.45, 2.75) is 194 Å². The van der Waals surface area contributed by atoms with Gasteiger partial charge < -0.3 is 37.6 Å². The van der Waals surface area contributed by atoms with Gasteiger partial charge in [0.25, 0.3) is 0 Å². The van der Waals surface area contributed by atoms with Gasteiger partial charge in [0.1, 0.15) is 28.4 Å². The summed E-state index contributed by atoms with van der Waals surface area (Å²) in [6.07, 6.45) is 7.76. The fourth-order valence-corrected chi connectivity index (χ4v) is 8.19. The lowest BCUT2D eigenvalue weighted by atomic mass is 9.87. The number of oxazole rings is 2. The van der Waals surface area contributed by atoms with Crippen molar-refractivity contribution in [2.24, 2.45) is 11.8 Å². The van der Waals surface area contributed by atoms with Gasteiger partial charge in [-0.2, -0.15) is 0 Å². The lowest BCUT2D eigenvalue weighted by Gasteiger charge is -2.33. The van der Waals surface area contributed by atoms with Gasteiger partial charge in [0.15, 0.2) is 11.2 Å². The zero-order chi connectivity index (χ0) is 49.7. The molecule has 4 aromatic rings. The molecule has 2 fully saturated rings. The molecule has 2 heterocycles. The maximum absolute atomic E-state index is 12.4. The highest BCUT2D eigenvalue weighted by atomic mass is 127. The smallest absolute Gasteiger partial charge is 0.338 e. The number of esters is 2. The molecule has 67 heavy (non-hydrogen) atoms. The van der Waals surface area contributed by atoms with Gasteiger partial charge in [0.2, 0.25) is 11.8 Å². The van der Waals surface area contributed by atoms with Gasteiger partial charge in [0.05, 0.1) is 37.7 Å². The van der Waals surface area contributed by atoms with Crippen LogP contribution >= 0.6 is 22.6 Å². The van der Waals surface area contributed by atoms with Crippen molar-refractivity contribution < 1.29 is 47.2 Å². The Hall–Kier alpha value is -3.63. The van der Waals surface area contributed by atoms with E-state index in [0.29, 0.717) is 37.5 Å². The molecule has 1 N–H and O–H groups in total. The summed E-state index contributed by atoms with van der Waals surface area (Å²) < 4.78 is 41.2. The molecule has 2 aliphatic rings. The van der Waals surface area contributed by atoms with Gasteiger partial charge >= 0.3 is 11.9 Å². The zero-order valence-electron chi connectivity index (χ0n) is 42.8. The van der Waals surface area contributed by atoms with Crippen molar-refractivity contribution in [3.8, 4) is 22.9 Å². The van der Waals surface area contributed by atoms with Crippen LogP contribution in [0.2, 0.25) is 0 Å². The Morgan fingerprint density at radius 3 is 1.46 bits per heavy atom. The Morgan fingerprint density at radius 1 is 0.627 bits per heavy atom. The predicted molar refractivity (Wildman–Crippen MR) is 271 cm³/mol. The molecule has 2 saturated carbocycles. The Kier molecular flexibility index (Phi) is 20.7. The molecule has 0 saturated heterocycles. The number of aliphatic hydroxyl groups excluding tert-OH is 1. The second-order valence-electron chi connectivity index (χ2n) is 21.2. The standard InChI is InChI=1S/C27H39NO5.C15H28O4.C12H12INO/c1-18-11-13-21(14-12-18)24-28-23(19(2)32-24)17-30-22-10-8-9-20(15-22)16-31-27(6,7)25(29)33-26(3,4)5;1-14(2,3)19-13(17)15(4,5)18-10-11-7-6-8-12(16)9-11;1-8-3-5-10(6-4-8)12-14-11(7-13)9(2)15-12/h11-14,20,22H,8-10,15-17H2,1-7H3;11-12,16H,6-10H2,1-5H3;3-6H,7H2,1-2H3. The highest BCUT2D eigenvalue weighted by molar-refractivity contribution is 14.1. The van der Waals surface area contributed by atoms with Crippen molar-refractivity contribution >= 4 is 34.5 Å². The number of carbonyl (C=O) groups is 2. The SMILES string of the molecule is CC(C)(C)OC(=O)C(C)(C)OCC1CCCC(O)C1.Cc1ccc(-c2nc(CI)c(C)o2)cc1.Cc1ccc(-c2nc(COC3CCCC(COC(C)(C)C(=O)OC(C)(C)C)C3)c(C)o2)cc1. The number of alkyl halides is 1. The van der Waals surface area contributed by atoms with Crippen LogP contribution in [0.4, 0.5) is 0 Å². The van der Waals surface area contributed by atoms with Gasteiger partial charge in [0, 0.05) is 15.6 Å². The zero-order valence-corrected chi connectivity index (χ0v) is 45.0. The van der Waals surface area contributed by atoms with Crippen LogP contribution in [-0.2, 0) is 44.3 Å². The van der Waals surface area contributed by atoms with Gasteiger partial charge in [-0.3, -0.25) is 0 Å². The van der Waals surface area contributed by atoms with E-state index in [1.807, 2.05) is 79.7 Å². The first kappa shape index (κ1) is 56.0. The molecule has 2 aromatic heterocycles. The summed E-state index contributed by atoms with van der Waals surface area (Å²) in [5.41, 5.74) is 3.41. The minimum absolute atomic E-state index is 0.149. The van der Waals surface area contributed by atoms with Crippen LogP contribution in [0.25, 0.3) is 22.9 Å². The quantitative estimate of drug-likeness (QED) is 0.0727. The third-order valence-corrected chi connectivity index (χ3v) is 12.3. The van der Waals surface area contributed by atoms with Gasteiger partial charge in [-0.25, -0.2) is 19.6 Å². The lowest BCUT2D eigenvalue weighted by molar-refractivity contribution is -0.182. The van der Waals surface area contributed by atoms with E-state index in [-0.39, 0.29) is 24.1 Å². The molecule has 0 radical (unpaired) electrons. The third-order valence-electron chi connectivity index (χ3n) is 11.6. The Morgan fingerprint density at radius 2 is 1.04 bits per heavy atom. The van der Waals surface area contributed by atoms with Gasteiger partial charge in [-0.1, -0.05) is 70.8 Å². The minimum Gasteiger partial charge on any atom is -0.458 e. The summed E-state index contributed by atoms with van der Waals surface area (Å²) >= 11 is 2.29. The molecule has 2 aliphatic carbocycles. The van der Waals surface area contributed by atoms with E-state index < -0.39 is 22.4 Å². The molecular formula is C54H79IN2O10. The number of aryl methyl sites for hydroxylation is 4. The van der Waals surface area contributed by atoms with Crippen LogP contribution in [0.5, 0.6) is 0 Å². The maximum atomic E-state index is 12.4. The number of hydrogen-bond donors (Lipinski definition) is 1. The molecule has 0 amide bonds. The number of rotatable bonds is 14. The Bertz CT molecular complexity index is 2140. The number of nitrogens with zero attached hydrogens (tertiary/aromatic N) is 2. The van der Waals surface area contributed by atoms with Crippen molar-refractivity contribution in [2.75, 3.05) is 13.2 Å². The summed E-state index contributed by atoms with van der Waals surface area (Å²) in [5, 5.41) is 9.62. The maximum Gasteiger partial charge on any atom is 0.338 e. The van der Waals surface area contributed by atoms with E-state index in [0.717, 1.165) is 95.7 Å². The van der Waals surface area contributed by atoms with Crippen LogP contribution in [0, 0.1) is 39.5 Å². The molecule has 0 bridgehead atoms. The fourth-order valence-electron chi connectivity index (χ4n) is 7.48. The van der Waals surface area contributed by atoms with E-state index >= 15 is 0 Å². The summed E-state index contributed by atoms with van der Waals surface area (Å²) in [5.74, 6) is 3.09. The number of carbonyl (C=O) groups excluding carboxylic acids is 2. The molecule has 4 atom stereocenters. The van der Waals surface area contributed by atoms with Crippen LogP contribution in [0.1, 0.15) is 155 Å². The number of hydrogen-bond acceptors (Lipinski definition) is 12. The lowest BCUT2D eigenvalue weighted by Crippen LogP contribution is -2.42. The first-order valence-electron chi connectivity index (χ1n) is 23.9. The molecule has 2 aromatic carbocycles. The van der Waals surface area contributed by atoms with Crippen molar-refractivity contribution in [1.82, 2.24) is 9.97 Å². The van der Waals surface area contributed by atoms with Crippen LogP contribution < -0.4 is 0 Å². The topological polar surface area (TPSA) is 153 Å². The van der Waals surface area contributed by atoms with Gasteiger partial charge in [-0.05, 0) is 172 Å². The second kappa shape index (κ2) is 24.8. The van der Waals surface area contributed by atoms with E-state index in [1.54, 1.807) is 27.7 Å². The number of ether oxygens (including phenoxy) is 5. The number of halogens is 1. The third kappa shape index (κ3) is 19.0. The van der Waals surface area contributed by atoms with Gasteiger partial charge in [-0.15, -0.1) is 0 Å². The number of aliphatic hydroxyl groups is 1. The molecule has 4 unspecified atom stereocenters. The first-order valence-corrected chi connectivity index (χ1v) is 25.4. The number of benzene rings is 2. The predicted octanol–water partition coefficient (Wildman–Crippen LogP) is 12.7. The van der Waals surface area contributed by atoms with E-state index in [4.69, 9.17) is 32.5 Å². The van der Waals surface area contributed by atoms with Crippen LogP contribution in [0.3, 0.4) is 0 Å². The summed E-state index contributed by atoms with van der Waals surface area (Å²) in [4.78, 5) is 33.6. The van der Waals surface area contributed by atoms with Crippen LogP contribution in [0.15, 0.2) is 57.4 Å². The van der Waals surface area contributed by atoms with Crippen LogP contribution in [-0.4, -0.2) is 74.8 Å². The van der Waals surface area contributed by atoms with E-state index in [1.165, 1.54) is 11.1 Å². The second-order valence-corrected chi connectivity index (χ2v) is 22.0. The minimum atomic E-state index is -0.967. The molecule has 12 nitrogen and oxygen atoms in total. The van der Waals surface area contributed by atoms with Crippen molar-refractivity contribution in [3.63, 3.8) is 0 Å². The normalized spacial score (nSPS) is 19.1. The van der Waals surface area contributed by atoms with E-state index in [2.05, 4.69) is 70.7 Å². The number of aromatic nitrogens is 2. The molecule has 0 spiro atoms. The molecule has 13 heteroatoms. The largest absolute Gasteiger partial charge is 0.458 e. The summed E-state index contributed by atoms with van der Waals surface area (Å²) in [6, 6.07) is 16.4. The Balaban J connectivity index is 0.000000243. The molecular weight excluding hydrogens is 964 g/mol. The average Bonchev–Trinajstić information content (AvgIpc) is 3.82. The average molecular weight is 1040 g/mol. The fraction of sp³-hybridized carbons (Fsp3) is 0.630. The highest BCUT2D eigenvalue weighted by Crippen LogP contribution is 2.31. The summed E-state index contributed by atoms with van der Waals surface area (Å²) in [6.45, 7) is 27.6. The van der Waals surface area contributed by atoms with E-state index in [9.17, 15) is 14.7 Å². The first-order chi connectivity index (χ1) is 31.2. The Labute approximate surface area is 414 Å². The molecule has 372 valence electrons. The molecule has 0 aliphatic heterocycles. The monoisotopic (exact) mass is 1040 g/mol. The highest BCUT2D eigenvalue weighted by Gasteiger charge is 2.36. The summed E-state index contributed by atoms with van der Waals surface area (Å²) in [7, 11) is 0. The van der Waals surface area contributed by atoms with Crippen molar-refractivity contribution in [3.05, 3.63) is 82.6 Å².